The van der Waals surface area contributed by atoms with Crippen LogP contribution in [-0.4, -0.2) is 29.6 Å². The van der Waals surface area contributed by atoms with Gasteiger partial charge in [-0.1, -0.05) is 44.2 Å². The maximum atomic E-state index is 12.6. The van der Waals surface area contributed by atoms with E-state index in [0.717, 1.165) is 5.56 Å². The van der Waals surface area contributed by atoms with Crippen molar-refractivity contribution in [2.45, 2.75) is 26.3 Å². The SMILES string of the molecule is CC(C)C(NC(=O)c1ccccc1)C(=O)Nc1ccc(CCO)cc1. The number of amides is 2. The number of nitrogens with one attached hydrogen (secondary N) is 2. The van der Waals surface area contributed by atoms with Crippen LogP contribution in [0.4, 0.5) is 5.69 Å². The van der Waals surface area contributed by atoms with Gasteiger partial charge >= 0.3 is 0 Å². The van der Waals surface area contributed by atoms with Gasteiger partial charge in [-0.15, -0.1) is 0 Å². The number of hydrogen-bond donors (Lipinski definition) is 3. The fourth-order valence-corrected chi connectivity index (χ4v) is 2.45. The maximum absolute atomic E-state index is 12.6. The van der Waals surface area contributed by atoms with Crippen LogP contribution in [0, 0.1) is 5.92 Å². The Bertz CT molecular complexity index is 697. The van der Waals surface area contributed by atoms with Crippen molar-refractivity contribution in [3.05, 3.63) is 65.7 Å². The largest absolute Gasteiger partial charge is 0.396 e. The molecule has 0 aliphatic carbocycles. The highest BCUT2D eigenvalue weighted by atomic mass is 16.3. The highest BCUT2D eigenvalue weighted by Gasteiger charge is 2.24. The molecule has 0 saturated carbocycles. The number of anilines is 1. The zero-order chi connectivity index (χ0) is 18.2. The number of aliphatic hydroxyl groups excluding tert-OH is 1. The molecule has 1 unspecified atom stereocenters. The van der Waals surface area contributed by atoms with E-state index in [0.29, 0.717) is 17.7 Å². The maximum Gasteiger partial charge on any atom is 0.251 e. The molecule has 5 heteroatoms. The first kappa shape index (κ1) is 18.7. The van der Waals surface area contributed by atoms with Crippen molar-refractivity contribution in [1.82, 2.24) is 5.32 Å². The molecule has 2 aromatic rings. The molecule has 5 nitrogen and oxygen atoms in total. The minimum absolute atomic E-state index is 0.0543. The van der Waals surface area contributed by atoms with E-state index < -0.39 is 6.04 Å². The number of carbonyl (C=O) groups is 2. The average Bonchev–Trinajstić information content (AvgIpc) is 2.61. The van der Waals surface area contributed by atoms with Gasteiger partial charge in [0.2, 0.25) is 5.91 Å². The minimum atomic E-state index is -0.634. The van der Waals surface area contributed by atoms with Crippen molar-refractivity contribution in [2.24, 2.45) is 5.92 Å². The molecule has 0 aromatic heterocycles. The Balaban J connectivity index is 2.03. The van der Waals surface area contributed by atoms with Crippen molar-refractivity contribution in [2.75, 3.05) is 11.9 Å². The Kier molecular flexibility index (Phi) is 6.71. The molecule has 0 saturated heterocycles. The van der Waals surface area contributed by atoms with Gasteiger partial charge in [0.1, 0.15) is 6.04 Å². The third-order valence-corrected chi connectivity index (χ3v) is 3.89. The standard InChI is InChI=1S/C20H24N2O3/c1-14(2)18(22-19(24)16-6-4-3-5-7-16)20(25)21-17-10-8-15(9-11-17)12-13-23/h3-11,14,18,23H,12-13H2,1-2H3,(H,21,25)(H,22,24). The van der Waals surface area contributed by atoms with Crippen LogP contribution in [0.3, 0.4) is 0 Å². The molecule has 2 amide bonds. The second-order valence-corrected chi connectivity index (χ2v) is 6.22. The summed E-state index contributed by atoms with van der Waals surface area (Å²) in [6.07, 6.45) is 0.579. The molecule has 0 bridgehead atoms. The van der Waals surface area contributed by atoms with Gasteiger partial charge in [-0.25, -0.2) is 0 Å². The molecule has 25 heavy (non-hydrogen) atoms. The number of aliphatic hydroxyl groups is 1. The molecule has 0 aliphatic rings. The van der Waals surface area contributed by atoms with Crippen LogP contribution < -0.4 is 10.6 Å². The molecule has 1 atom stereocenters. The lowest BCUT2D eigenvalue weighted by Gasteiger charge is -2.22. The molecule has 0 fully saturated rings. The zero-order valence-corrected chi connectivity index (χ0v) is 14.5. The molecule has 3 N–H and O–H groups in total. The van der Waals surface area contributed by atoms with Crippen molar-refractivity contribution in [3.63, 3.8) is 0 Å². The summed E-state index contributed by atoms with van der Waals surface area (Å²) in [5, 5.41) is 14.6. The summed E-state index contributed by atoms with van der Waals surface area (Å²) in [7, 11) is 0. The fraction of sp³-hybridized carbons (Fsp3) is 0.300. The highest BCUT2D eigenvalue weighted by molar-refractivity contribution is 6.01. The number of carbonyl (C=O) groups excluding carboxylic acids is 2. The Labute approximate surface area is 148 Å². The van der Waals surface area contributed by atoms with Crippen molar-refractivity contribution in [3.8, 4) is 0 Å². The van der Waals surface area contributed by atoms with Crippen LogP contribution in [-0.2, 0) is 11.2 Å². The van der Waals surface area contributed by atoms with Crippen LogP contribution in [0.5, 0.6) is 0 Å². The van der Waals surface area contributed by atoms with E-state index in [4.69, 9.17) is 5.11 Å². The Morgan fingerprint density at radius 2 is 1.64 bits per heavy atom. The molecular weight excluding hydrogens is 316 g/mol. The molecule has 0 aliphatic heterocycles. The topological polar surface area (TPSA) is 78.4 Å². The highest BCUT2D eigenvalue weighted by Crippen LogP contribution is 2.13. The van der Waals surface area contributed by atoms with Gasteiger partial charge in [0.15, 0.2) is 0 Å². The number of rotatable bonds is 7. The van der Waals surface area contributed by atoms with Crippen LogP contribution in [0.2, 0.25) is 0 Å². The lowest BCUT2D eigenvalue weighted by molar-refractivity contribution is -0.118. The molecule has 2 rings (SSSR count). The third-order valence-electron chi connectivity index (χ3n) is 3.89. The third kappa shape index (κ3) is 5.43. The van der Waals surface area contributed by atoms with Crippen LogP contribution in [0.15, 0.2) is 54.6 Å². The van der Waals surface area contributed by atoms with Crippen LogP contribution in [0.1, 0.15) is 29.8 Å². The van der Waals surface area contributed by atoms with Crippen LogP contribution >= 0.6 is 0 Å². The zero-order valence-electron chi connectivity index (χ0n) is 14.5. The van der Waals surface area contributed by atoms with Crippen molar-refractivity contribution >= 4 is 17.5 Å². The number of hydrogen-bond acceptors (Lipinski definition) is 3. The number of benzene rings is 2. The van der Waals surface area contributed by atoms with E-state index in [2.05, 4.69) is 10.6 Å². The van der Waals surface area contributed by atoms with Gasteiger partial charge in [0.25, 0.3) is 5.91 Å². The second kappa shape index (κ2) is 8.99. The predicted octanol–water partition coefficient (Wildman–Crippen LogP) is 2.61. The van der Waals surface area contributed by atoms with E-state index in [-0.39, 0.29) is 24.3 Å². The lowest BCUT2D eigenvalue weighted by atomic mass is 10.0. The summed E-state index contributed by atoms with van der Waals surface area (Å²) >= 11 is 0. The van der Waals surface area contributed by atoms with Gasteiger partial charge < -0.3 is 15.7 Å². The van der Waals surface area contributed by atoms with Gasteiger partial charge in [0, 0.05) is 17.9 Å². The fourth-order valence-electron chi connectivity index (χ4n) is 2.45. The van der Waals surface area contributed by atoms with E-state index in [9.17, 15) is 9.59 Å². The average molecular weight is 340 g/mol. The molecule has 0 radical (unpaired) electrons. The van der Waals surface area contributed by atoms with Crippen molar-refractivity contribution in [1.29, 1.82) is 0 Å². The molecule has 0 heterocycles. The summed E-state index contributed by atoms with van der Waals surface area (Å²) in [5.74, 6) is -0.580. The Morgan fingerprint density at radius 1 is 1.00 bits per heavy atom. The van der Waals surface area contributed by atoms with Crippen LogP contribution in [0.25, 0.3) is 0 Å². The van der Waals surface area contributed by atoms with Gasteiger partial charge in [-0.05, 0) is 42.2 Å². The molecular formula is C20H24N2O3. The molecule has 2 aromatic carbocycles. The predicted molar refractivity (Wildman–Crippen MR) is 98.4 cm³/mol. The van der Waals surface area contributed by atoms with Gasteiger partial charge in [0.05, 0.1) is 0 Å². The summed E-state index contributed by atoms with van der Waals surface area (Å²) in [5.41, 5.74) is 2.18. The first-order chi connectivity index (χ1) is 12.0. The molecule has 0 spiro atoms. The first-order valence-corrected chi connectivity index (χ1v) is 8.38. The summed E-state index contributed by atoms with van der Waals surface area (Å²) in [4.78, 5) is 24.9. The monoisotopic (exact) mass is 340 g/mol. The Hall–Kier alpha value is -2.66. The summed E-state index contributed by atoms with van der Waals surface area (Å²) < 4.78 is 0. The quantitative estimate of drug-likeness (QED) is 0.725. The van der Waals surface area contributed by atoms with E-state index in [1.54, 1.807) is 36.4 Å². The summed E-state index contributed by atoms with van der Waals surface area (Å²) in [6.45, 7) is 3.87. The second-order valence-electron chi connectivity index (χ2n) is 6.22. The van der Waals surface area contributed by atoms with E-state index >= 15 is 0 Å². The molecule has 132 valence electrons. The normalized spacial score (nSPS) is 11.8. The van der Waals surface area contributed by atoms with E-state index in [1.165, 1.54) is 0 Å². The van der Waals surface area contributed by atoms with Crippen molar-refractivity contribution < 1.29 is 14.7 Å². The van der Waals surface area contributed by atoms with Gasteiger partial charge in [-0.2, -0.15) is 0 Å². The first-order valence-electron chi connectivity index (χ1n) is 8.38. The van der Waals surface area contributed by atoms with Gasteiger partial charge in [-0.3, -0.25) is 9.59 Å². The smallest absolute Gasteiger partial charge is 0.251 e. The lowest BCUT2D eigenvalue weighted by Crippen LogP contribution is -2.47. The minimum Gasteiger partial charge on any atom is -0.396 e. The van der Waals surface area contributed by atoms with E-state index in [1.807, 2.05) is 32.0 Å². The Morgan fingerprint density at radius 3 is 2.20 bits per heavy atom. The summed E-state index contributed by atoms with van der Waals surface area (Å²) in [6, 6.07) is 15.5.